The lowest BCUT2D eigenvalue weighted by molar-refractivity contribution is 0.0973. The van der Waals surface area contributed by atoms with Crippen LogP contribution in [-0.2, 0) is 6.54 Å². The summed E-state index contributed by atoms with van der Waals surface area (Å²) >= 11 is 7.87. The number of hydrogen-bond acceptors (Lipinski definition) is 4. The highest BCUT2D eigenvalue weighted by Gasteiger charge is 2.26. The van der Waals surface area contributed by atoms with Crippen LogP contribution in [0.4, 0.5) is 5.13 Å². The molecule has 0 spiro atoms. The summed E-state index contributed by atoms with van der Waals surface area (Å²) in [5.41, 5.74) is 4.27. The first-order valence-corrected chi connectivity index (χ1v) is 11.0. The van der Waals surface area contributed by atoms with Gasteiger partial charge in [0.05, 0.1) is 27.5 Å². The Kier molecular flexibility index (Phi) is 5.62. The highest BCUT2D eigenvalue weighted by atomic mass is 35.5. The van der Waals surface area contributed by atoms with E-state index in [0.29, 0.717) is 22.4 Å². The third-order valence-corrected chi connectivity index (χ3v) is 6.45. The molecule has 0 atom stereocenters. The lowest BCUT2D eigenvalue weighted by atomic mass is 10.2. The van der Waals surface area contributed by atoms with Gasteiger partial charge in [0.2, 0.25) is 0 Å². The third-order valence-electron chi connectivity index (χ3n) is 4.91. The number of benzene rings is 2. The van der Waals surface area contributed by atoms with Gasteiger partial charge in [-0.05, 0) is 51.0 Å². The molecule has 0 aliphatic heterocycles. The first-order valence-electron chi connectivity index (χ1n) is 9.82. The van der Waals surface area contributed by atoms with E-state index in [2.05, 4.69) is 5.10 Å². The molecule has 2 aromatic heterocycles. The molecule has 2 heterocycles. The normalized spacial score (nSPS) is 11.4. The number of rotatable bonds is 5. The van der Waals surface area contributed by atoms with Crippen LogP contribution in [-0.4, -0.2) is 20.7 Å². The molecule has 30 heavy (non-hydrogen) atoms. The quantitative estimate of drug-likeness (QED) is 0.373. The van der Waals surface area contributed by atoms with Gasteiger partial charge in [0.15, 0.2) is 5.13 Å². The van der Waals surface area contributed by atoms with E-state index in [0.717, 1.165) is 27.0 Å². The van der Waals surface area contributed by atoms with Gasteiger partial charge in [0.25, 0.3) is 5.91 Å². The van der Waals surface area contributed by atoms with Gasteiger partial charge in [0, 0.05) is 6.04 Å². The second-order valence-corrected chi connectivity index (χ2v) is 9.01. The molecule has 0 aliphatic carbocycles. The molecule has 0 fully saturated rings. The first kappa shape index (κ1) is 20.6. The van der Waals surface area contributed by atoms with Crippen LogP contribution < -0.4 is 4.90 Å². The molecule has 0 aliphatic rings. The van der Waals surface area contributed by atoms with Crippen molar-refractivity contribution in [3.8, 4) is 0 Å². The molecule has 1 amide bonds. The van der Waals surface area contributed by atoms with Gasteiger partial charge in [-0.25, -0.2) is 4.98 Å². The average molecular weight is 439 g/mol. The molecule has 5 nitrogen and oxygen atoms in total. The number of carbonyl (C=O) groups excluding carboxylic acids is 1. The zero-order valence-corrected chi connectivity index (χ0v) is 19.0. The lowest BCUT2D eigenvalue weighted by Gasteiger charge is -2.21. The Hall–Kier alpha value is -2.70. The number of halogens is 1. The number of carbonyl (C=O) groups is 1. The number of fused-ring (bicyclic) bond motifs is 1. The molecule has 154 valence electrons. The second-order valence-electron chi connectivity index (χ2n) is 7.62. The molecular formula is C23H23ClN4OS. The van der Waals surface area contributed by atoms with Gasteiger partial charge in [-0.1, -0.05) is 59.3 Å². The van der Waals surface area contributed by atoms with Crippen molar-refractivity contribution in [3.05, 3.63) is 76.1 Å². The van der Waals surface area contributed by atoms with Gasteiger partial charge in [-0.3, -0.25) is 14.4 Å². The van der Waals surface area contributed by atoms with Crippen LogP contribution >= 0.6 is 22.9 Å². The van der Waals surface area contributed by atoms with Gasteiger partial charge < -0.3 is 0 Å². The lowest BCUT2D eigenvalue weighted by Crippen LogP contribution is -2.32. The summed E-state index contributed by atoms with van der Waals surface area (Å²) in [6.45, 7) is 8.36. The van der Waals surface area contributed by atoms with E-state index < -0.39 is 0 Å². The molecule has 0 bridgehead atoms. The predicted molar refractivity (Wildman–Crippen MR) is 124 cm³/mol. The van der Waals surface area contributed by atoms with Crippen molar-refractivity contribution >= 4 is 44.2 Å². The maximum Gasteiger partial charge on any atom is 0.278 e. The number of thiazole rings is 1. The van der Waals surface area contributed by atoms with E-state index in [9.17, 15) is 4.79 Å². The Morgan fingerprint density at radius 3 is 2.57 bits per heavy atom. The number of anilines is 1. The number of amides is 1. The number of hydrogen-bond donors (Lipinski definition) is 0. The Bertz CT molecular complexity index is 1170. The Morgan fingerprint density at radius 1 is 1.17 bits per heavy atom. The van der Waals surface area contributed by atoms with E-state index in [1.54, 1.807) is 9.58 Å². The maximum atomic E-state index is 13.7. The van der Waals surface area contributed by atoms with E-state index in [4.69, 9.17) is 16.6 Å². The molecule has 0 saturated carbocycles. The molecular weight excluding hydrogens is 416 g/mol. The van der Waals surface area contributed by atoms with Crippen molar-refractivity contribution in [3.63, 3.8) is 0 Å². The molecule has 4 aromatic rings. The van der Waals surface area contributed by atoms with Gasteiger partial charge in [-0.2, -0.15) is 5.10 Å². The summed E-state index contributed by atoms with van der Waals surface area (Å²) in [6.07, 6.45) is 0. The van der Waals surface area contributed by atoms with Crippen LogP contribution in [0.1, 0.15) is 47.2 Å². The monoisotopic (exact) mass is 438 g/mol. The third kappa shape index (κ3) is 3.85. The molecule has 7 heteroatoms. The standard InChI is InChI=1S/C23H23ClN4OS/c1-14(2)28-19(12-16(4)26-28)22(29)27(13-17-8-6-5-7-9-17)23-25-20-15(3)10-11-18(24)21(20)30-23/h5-12,14H,13H2,1-4H3. The van der Waals surface area contributed by atoms with Crippen LogP contribution in [0.2, 0.25) is 5.02 Å². The Labute approximate surface area is 184 Å². The number of aromatic nitrogens is 3. The van der Waals surface area contributed by atoms with Crippen molar-refractivity contribution in [2.45, 2.75) is 40.3 Å². The fraction of sp³-hybridized carbons (Fsp3) is 0.261. The van der Waals surface area contributed by atoms with Crippen molar-refractivity contribution in [2.24, 2.45) is 0 Å². The van der Waals surface area contributed by atoms with Crippen molar-refractivity contribution in [1.29, 1.82) is 0 Å². The fourth-order valence-electron chi connectivity index (χ4n) is 3.41. The molecule has 2 aromatic carbocycles. The van der Waals surface area contributed by atoms with Crippen LogP contribution in [0, 0.1) is 13.8 Å². The Morgan fingerprint density at radius 2 is 1.90 bits per heavy atom. The minimum Gasteiger partial charge on any atom is -0.278 e. The summed E-state index contributed by atoms with van der Waals surface area (Å²) in [7, 11) is 0. The zero-order valence-electron chi connectivity index (χ0n) is 17.4. The highest BCUT2D eigenvalue weighted by molar-refractivity contribution is 7.23. The van der Waals surface area contributed by atoms with E-state index in [-0.39, 0.29) is 11.9 Å². The molecule has 0 saturated heterocycles. The molecule has 0 unspecified atom stereocenters. The first-order chi connectivity index (χ1) is 14.3. The SMILES string of the molecule is Cc1cc(C(=O)N(Cc2ccccc2)c2nc3c(C)ccc(Cl)c3s2)n(C(C)C)n1. The maximum absolute atomic E-state index is 13.7. The summed E-state index contributed by atoms with van der Waals surface area (Å²) in [4.78, 5) is 20.3. The topological polar surface area (TPSA) is 51.0 Å². The Balaban J connectivity index is 1.84. The van der Waals surface area contributed by atoms with E-state index >= 15 is 0 Å². The van der Waals surface area contributed by atoms with Gasteiger partial charge in [-0.15, -0.1) is 0 Å². The largest absolute Gasteiger partial charge is 0.278 e. The minimum atomic E-state index is -0.124. The minimum absolute atomic E-state index is 0.0725. The van der Waals surface area contributed by atoms with E-state index in [1.165, 1.54) is 11.3 Å². The van der Waals surface area contributed by atoms with Crippen LogP contribution in [0.15, 0.2) is 48.5 Å². The van der Waals surface area contributed by atoms with Gasteiger partial charge >= 0.3 is 0 Å². The summed E-state index contributed by atoms with van der Waals surface area (Å²) < 4.78 is 2.67. The van der Waals surface area contributed by atoms with Crippen molar-refractivity contribution in [1.82, 2.24) is 14.8 Å². The van der Waals surface area contributed by atoms with Crippen molar-refractivity contribution in [2.75, 3.05) is 4.90 Å². The number of aryl methyl sites for hydroxylation is 2. The molecule has 0 radical (unpaired) electrons. The van der Waals surface area contributed by atoms with Crippen molar-refractivity contribution < 1.29 is 4.79 Å². The highest BCUT2D eigenvalue weighted by Crippen LogP contribution is 2.36. The van der Waals surface area contributed by atoms with Crippen LogP contribution in [0.5, 0.6) is 0 Å². The molecule has 4 rings (SSSR count). The van der Waals surface area contributed by atoms with Gasteiger partial charge in [0.1, 0.15) is 5.69 Å². The number of nitrogens with zero attached hydrogens (tertiary/aromatic N) is 4. The fourth-order valence-corrected chi connectivity index (χ4v) is 4.72. The summed E-state index contributed by atoms with van der Waals surface area (Å²) in [5, 5.41) is 5.79. The smallest absolute Gasteiger partial charge is 0.278 e. The summed E-state index contributed by atoms with van der Waals surface area (Å²) in [5.74, 6) is -0.124. The second kappa shape index (κ2) is 8.20. The zero-order chi connectivity index (χ0) is 21.4. The van der Waals surface area contributed by atoms with E-state index in [1.807, 2.05) is 76.2 Å². The average Bonchev–Trinajstić information content (AvgIpc) is 3.34. The van der Waals surface area contributed by atoms with Crippen LogP contribution in [0.25, 0.3) is 10.2 Å². The predicted octanol–water partition coefficient (Wildman–Crippen LogP) is 6.19. The summed E-state index contributed by atoms with van der Waals surface area (Å²) in [6, 6.07) is 15.7. The molecule has 0 N–H and O–H groups in total. The van der Waals surface area contributed by atoms with Crippen LogP contribution in [0.3, 0.4) is 0 Å².